The lowest BCUT2D eigenvalue weighted by molar-refractivity contribution is 0.0976. The molecule has 0 aromatic heterocycles. The second-order valence-electron chi connectivity index (χ2n) is 4.95. The molecule has 1 aliphatic rings. The van der Waals surface area contributed by atoms with Gasteiger partial charge in [-0.25, -0.2) is 0 Å². The van der Waals surface area contributed by atoms with Crippen LogP contribution in [0.25, 0.3) is 0 Å². The highest BCUT2D eigenvalue weighted by Gasteiger charge is 2.37. The van der Waals surface area contributed by atoms with Crippen molar-refractivity contribution < 1.29 is 22.6 Å². The SMILES string of the molecule is N#Cc1cc2c(c(S(=O)(=O)O)c1C#N)C(=O)c1ccccc1C2=O. The van der Waals surface area contributed by atoms with Crippen molar-refractivity contribution in [2.24, 2.45) is 0 Å². The topological polar surface area (TPSA) is 136 Å². The van der Waals surface area contributed by atoms with Gasteiger partial charge in [-0.3, -0.25) is 14.1 Å². The minimum absolute atomic E-state index is 0.0338. The molecule has 0 unspecified atom stereocenters. The summed E-state index contributed by atoms with van der Waals surface area (Å²) < 4.78 is 33.0. The summed E-state index contributed by atoms with van der Waals surface area (Å²) in [5.41, 5.74) is -1.97. The standard InChI is InChI=1S/C16H6N2O5S/c17-6-8-5-11-13(16(12(8)7-18)24(21,22)23)15(20)10-4-2-1-3-9(10)14(11)19/h1-5H,(H,21,22,23). The lowest BCUT2D eigenvalue weighted by atomic mass is 9.82. The Morgan fingerprint density at radius 3 is 2.00 bits per heavy atom. The Morgan fingerprint density at radius 2 is 1.50 bits per heavy atom. The van der Waals surface area contributed by atoms with Crippen LogP contribution in [0.5, 0.6) is 0 Å². The molecule has 2 aromatic rings. The molecule has 7 nitrogen and oxygen atoms in total. The van der Waals surface area contributed by atoms with E-state index in [2.05, 4.69) is 0 Å². The van der Waals surface area contributed by atoms with Crippen LogP contribution >= 0.6 is 0 Å². The Kier molecular flexibility index (Phi) is 3.31. The first-order valence-corrected chi connectivity index (χ1v) is 7.92. The number of hydrogen-bond donors (Lipinski definition) is 1. The van der Waals surface area contributed by atoms with Crippen LogP contribution in [0, 0.1) is 22.7 Å². The van der Waals surface area contributed by atoms with Crippen molar-refractivity contribution in [1.82, 2.24) is 0 Å². The van der Waals surface area contributed by atoms with Gasteiger partial charge in [-0.15, -0.1) is 0 Å². The molecule has 8 heteroatoms. The highest BCUT2D eigenvalue weighted by Crippen LogP contribution is 2.34. The van der Waals surface area contributed by atoms with Crippen LogP contribution < -0.4 is 0 Å². The maximum Gasteiger partial charge on any atom is 0.296 e. The van der Waals surface area contributed by atoms with Gasteiger partial charge in [0.25, 0.3) is 10.1 Å². The van der Waals surface area contributed by atoms with Gasteiger partial charge in [-0.05, 0) is 6.07 Å². The average molecular weight is 338 g/mol. The number of carbonyl (C=O) groups is 2. The third-order valence-electron chi connectivity index (χ3n) is 3.66. The van der Waals surface area contributed by atoms with Crippen molar-refractivity contribution >= 4 is 21.7 Å². The van der Waals surface area contributed by atoms with Gasteiger partial charge in [-0.2, -0.15) is 18.9 Å². The molecule has 0 radical (unpaired) electrons. The minimum Gasteiger partial charge on any atom is -0.289 e. The predicted molar refractivity (Wildman–Crippen MR) is 79.0 cm³/mol. The van der Waals surface area contributed by atoms with E-state index in [0.717, 1.165) is 6.07 Å². The van der Waals surface area contributed by atoms with Crippen molar-refractivity contribution in [3.8, 4) is 12.1 Å². The largest absolute Gasteiger partial charge is 0.296 e. The number of nitrogens with zero attached hydrogens (tertiary/aromatic N) is 2. The lowest BCUT2D eigenvalue weighted by Crippen LogP contribution is -2.25. The molecule has 2 aromatic carbocycles. The second-order valence-corrected chi connectivity index (χ2v) is 6.31. The van der Waals surface area contributed by atoms with Crippen molar-refractivity contribution in [2.45, 2.75) is 4.90 Å². The summed E-state index contributed by atoms with van der Waals surface area (Å²) in [6, 6.07) is 9.89. The number of ketones is 2. The maximum absolute atomic E-state index is 12.7. The molecule has 116 valence electrons. The van der Waals surface area contributed by atoms with E-state index in [0.29, 0.717) is 0 Å². The van der Waals surface area contributed by atoms with Gasteiger partial charge in [0.2, 0.25) is 0 Å². The van der Waals surface area contributed by atoms with E-state index in [1.807, 2.05) is 0 Å². The third kappa shape index (κ3) is 2.02. The number of hydrogen-bond acceptors (Lipinski definition) is 6. The van der Waals surface area contributed by atoms with E-state index in [4.69, 9.17) is 10.5 Å². The molecular weight excluding hydrogens is 332 g/mol. The fraction of sp³-hybridized carbons (Fsp3) is 0. The van der Waals surface area contributed by atoms with Gasteiger partial charge >= 0.3 is 0 Å². The monoisotopic (exact) mass is 338 g/mol. The summed E-state index contributed by atoms with van der Waals surface area (Å²) in [6.07, 6.45) is 0. The fourth-order valence-electron chi connectivity index (χ4n) is 2.68. The van der Waals surface area contributed by atoms with Gasteiger partial charge in [0.05, 0.1) is 16.7 Å². The first kappa shape index (κ1) is 15.6. The van der Waals surface area contributed by atoms with Crippen LogP contribution in [-0.2, 0) is 10.1 Å². The molecule has 0 saturated carbocycles. The Bertz CT molecular complexity index is 1130. The fourth-order valence-corrected chi connectivity index (χ4v) is 3.55. The van der Waals surface area contributed by atoms with Crippen molar-refractivity contribution in [2.75, 3.05) is 0 Å². The molecule has 3 rings (SSSR count). The molecule has 0 spiro atoms. The zero-order valence-electron chi connectivity index (χ0n) is 11.8. The molecule has 0 atom stereocenters. The Hall–Kier alpha value is -3.33. The van der Waals surface area contributed by atoms with Gasteiger partial charge in [-0.1, -0.05) is 24.3 Å². The number of rotatable bonds is 1. The van der Waals surface area contributed by atoms with Crippen LogP contribution in [0.1, 0.15) is 43.0 Å². The molecule has 24 heavy (non-hydrogen) atoms. The Labute approximate surface area is 136 Å². The van der Waals surface area contributed by atoms with Crippen LogP contribution in [0.3, 0.4) is 0 Å². The highest BCUT2D eigenvalue weighted by atomic mass is 32.2. The number of benzene rings is 2. The van der Waals surface area contributed by atoms with E-state index in [-0.39, 0.29) is 16.7 Å². The maximum atomic E-state index is 12.7. The molecule has 0 fully saturated rings. The molecular formula is C16H6N2O5S. The number of nitriles is 2. The summed E-state index contributed by atoms with van der Waals surface area (Å²) in [5.74, 6) is -1.47. The molecule has 0 aliphatic heterocycles. The van der Waals surface area contributed by atoms with Crippen molar-refractivity contribution in [3.63, 3.8) is 0 Å². The van der Waals surface area contributed by atoms with Gasteiger partial charge < -0.3 is 0 Å². The van der Waals surface area contributed by atoms with Crippen LogP contribution in [-0.4, -0.2) is 24.5 Å². The quantitative estimate of drug-likeness (QED) is 0.663. The van der Waals surface area contributed by atoms with Crippen LogP contribution in [0.2, 0.25) is 0 Å². The predicted octanol–water partition coefficient (Wildman–Crippen LogP) is 1.45. The van der Waals surface area contributed by atoms with E-state index in [9.17, 15) is 22.6 Å². The van der Waals surface area contributed by atoms with E-state index in [1.165, 1.54) is 30.3 Å². The summed E-state index contributed by atoms with van der Waals surface area (Å²) in [6.45, 7) is 0. The highest BCUT2D eigenvalue weighted by molar-refractivity contribution is 7.86. The summed E-state index contributed by atoms with van der Waals surface area (Å²) >= 11 is 0. The van der Waals surface area contributed by atoms with Gasteiger partial charge in [0.15, 0.2) is 11.6 Å². The molecule has 0 bridgehead atoms. The van der Waals surface area contributed by atoms with Crippen LogP contribution in [0.15, 0.2) is 35.2 Å². The molecule has 1 N–H and O–H groups in total. The first-order chi connectivity index (χ1) is 11.3. The van der Waals surface area contributed by atoms with Crippen molar-refractivity contribution in [3.05, 3.63) is 63.7 Å². The smallest absolute Gasteiger partial charge is 0.289 e. The van der Waals surface area contributed by atoms with E-state index < -0.39 is 43.3 Å². The zero-order valence-corrected chi connectivity index (χ0v) is 12.6. The lowest BCUT2D eigenvalue weighted by Gasteiger charge is -2.20. The Morgan fingerprint density at radius 1 is 0.917 bits per heavy atom. The normalized spacial score (nSPS) is 12.8. The second kappa shape index (κ2) is 5.10. The number of carbonyl (C=O) groups excluding carboxylic acids is 2. The molecule has 0 heterocycles. The summed E-state index contributed by atoms with van der Waals surface area (Å²) in [7, 11) is -5.03. The van der Waals surface area contributed by atoms with Crippen molar-refractivity contribution in [1.29, 1.82) is 10.5 Å². The zero-order chi connectivity index (χ0) is 17.6. The first-order valence-electron chi connectivity index (χ1n) is 6.48. The average Bonchev–Trinajstić information content (AvgIpc) is 2.56. The number of fused-ring (bicyclic) bond motifs is 2. The minimum atomic E-state index is -5.03. The Balaban J connectivity index is 2.56. The summed E-state index contributed by atoms with van der Waals surface area (Å²) in [5, 5.41) is 18.3. The molecule has 0 amide bonds. The molecule has 1 aliphatic carbocycles. The molecule has 0 saturated heterocycles. The van der Waals surface area contributed by atoms with Gasteiger partial charge in [0, 0.05) is 16.7 Å². The summed E-state index contributed by atoms with van der Waals surface area (Å²) in [4.78, 5) is 24.2. The van der Waals surface area contributed by atoms with E-state index >= 15 is 0 Å². The van der Waals surface area contributed by atoms with Crippen LogP contribution in [0.4, 0.5) is 0 Å². The van der Waals surface area contributed by atoms with E-state index in [1.54, 1.807) is 6.07 Å². The third-order valence-corrected chi connectivity index (χ3v) is 4.58. The van der Waals surface area contributed by atoms with Gasteiger partial charge in [0.1, 0.15) is 17.0 Å².